The van der Waals surface area contributed by atoms with Crippen molar-refractivity contribution >= 4 is 11.6 Å². The maximum absolute atomic E-state index is 12.1. The monoisotopic (exact) mass is 389 g/mol. The lowest BCUT2D eigenvalue weighted by Gasteiger charge is -2.22. The van der Waals surface area contributed by atoms with E-state index in [1.165, 1.54) is 0 Å². The molecule has 0 saturated heterocycles. The fraction of sp³-hybridized carbons (Fsp3) is 0.261. The van der Waals surface area contributed by atoms with E-state index in [1.807, 2.05) is 44.3 Å². The van der Waals surface area contributed by atoms with Crippen LogP contribution in [0.3, 0.4) is 0 Å². The average molecular weight is 389 g/mol. The Hall–Kier alpha value is -3.41. The number of aryl methyl sites for hydroxylation is 4. The molecule has 1 amide bonds. The summed E-state index contributed by atoms with van der Waals surface area (Å²) >= 11 is 0. The van der Waals surface area contributed by atoms with E-state index < -0.39 is 0 Å². The number of anilines is 1. The summed E-state index contributed by atoms with van der Waals surface area (Å²) in [6.07, 6.45) is 4.66. The molecule has 0 unspecified atom stereocenters. The van der Waals surface area contributed by atoms with Gasteiger partial charge < -0.3 is 14.6 Å². The lowest BCUT2D eigenvalue weighted by atomic mass is 9.96. The van der Waals surface area contributed by atoms with Gasteiger partial charge in [-0.05, 0) is 66.8 Å². The Kier molecular flexibility index (Phi) is 4.92. The van der Waals surface area contributed by atoms with Gasteiger partial charge in [0, 0.05) is 31.4 Å². The SMILES string of the molecule is Cc1cccnc1COc1cc(-c2cc(C)c(=O)n(C)c2)cc2c1NC(=O)CC2. The number of aromatic nitrogens is 2. The van der Waals surface area contributed by atoms with Crippen LogP contribution in [0.1, 0.15) is 28.8 Å². The number of carbonyl (C=O) groups excluding carboxylic acids is 1. The molecular weight excluding hydrogens is 366 g/mol. The third-order valence-corrected chi connectivity index (χ3v) is 5.25. The molecule has 2 aromatic heterocycles. The zero-order valence-electron chi connectivity index (χ0n) is 16.8. The normalized spacial score (nSPS) is 13.0. The molecule has 6 heteroatoms. The third-order valence-electron chi connectivity index (χ3n) is 5.25. The number of amides is 1. The van der Waals surface area contributed by atoms with Crippen molar-refractivity contribution < 1.29 is 9.53 Å². The number of hydrogen-bond acceptors (Lipinski definition) is 4. The highest BCUT2D eigenvalue weighted by molar-refractivity contribution is 5.96. The van der Waals surface area contributed by atoms with Gasteiger partial charge in [0.15, 0.2) is 0 Å². The lowest BCUT2D eigenvalue weighted by molar-refractivity contribution is -0.116. The van der Waals surface area contributed by atoms with Gasteiger partial charge in [-0.1, -0.05) is 6.07 Å². The number of rotatable bonds is 4. The van der Waals surface area contributed by atoms with Gasteiger partial charge in [-0.15, -0.1) is 0 Å². The quantitative estimate of drug-likeness (QED) is 0.741. The van der Waals surface area contributed by atoms with Crippen LogP contribution in [0.25, 0.3) is 11.1 Å². The second kappa shape index (κ2) is 7.54. The van der Waals surface area contributed by atoms with Crippen LogP contribution in [-0.2, 0) is 24.9 Å². The van der Waals surface area contributed by atoms with E-state index >= 15 is 0 Å². The van der Waals surface area contributed by atoms with Crippen LogP contribution in [0.5, 0.6) is 5.75 Å². The highest BCUT2D eigenvalue weighted by Gasteiger charge is 2.21. The standard InChI is InChI=1S/C23H23N3O3/c1-14-5-4-8-24-19(14)13-29-20-11-17(10-16-6-7-21(27)25-22(16)20)18-9-15(2)23(28)26(3)12-18/h4-5,8-12H,6-7,13H2,1-3H3,(H,25,27). The van der Waals surface area contributed by atoms with Crippen molar-refractivity contribution in [3.05, 3.63) is 75.5 Å². The number of benzene rings is 1. The third kappa shape index (κ3) is 3.78. The minimum Gasteiger partial charge on any atom is -0.485 e. The van der Waals surface area contributed by atoms with E-state index in [2.05, 4.69) is 16.4 Å². The van der Waals surface area contributed by atoms with Crippen LogP contribution in [0.4, 0.5) is 5.69 Å². The summed E-state index contributed by atoms with van der Waals surface area (Å²) in [5, 5.41) is 2.95. The number of pyridine rings is 2. The van der Waals surface area contributed by atoms with E-state index in [-0.39, 0.29) is 11.5 Å². The van der Waals surface area contributed by atoms with E-state index in [4.69, 9.17) is 4.74 Å². The zero-order chi connectivity index (χ0) is 20.5. The van der Waals surface area contributed by atoms with Crippen molar-refractivity contribution in [2.24, 2.45) is 7.05 Å². The summed E-state index contributed by atoms with van der Waals surface area (Å²) in [6, 6.07) is 9.75. The van der Waals surface area contributed by atoms with Gasteiger partial charge in [-0.3, -0.25) is 14.6 Å². The predicted molar refractivity (Wildman–Crippen MR) is 112 cm³/mol. The van der Waals surface area contributed by atoms with E-state index in [1.54, 1.807) is 17.8 Å². The van der Waals surface area contributed by atoms with Gasteiger partial charge >= 0.3 is 0 Å². The van der Waals surface area contributed by atoms with Crippen molar-refractivity contribution in [3.8, 4) is 16.9 Å². The summed E-state index contributed by atoms with van der Waals surface area (Å²) < 4.78 is 7.71. The molecule has 0 atom stereocenters. The first-order valence-electron chi connectivity index (χ1n) is 9.60. The molecule has 0 radical (unpaired) electrons. The number of hydrogen-bond donors (Lipinski definition) is 1. The summed E-state index contributed by atoms with van der Waals surface area (Å²) in [6.45, 7) is 4.11. The highest BCUT2D eigenvalue weighted by Crippen LogP contribution is 2.38. The smallest absolute Gasteiger partial charge is 0.253 e. The number of fused-ring (bicyclic) bond motifs is 1. The number of nitrogens with zero attached hydrogens (tertiary/aromatic N) is 2. The van der Waals surface area contributed by atoms with E-state index in [0.717, 1.165) is 33.6 Å². The minimum absolute atomic E-state index is 0.0120. The first kappa shape index (κ1) is 18.9. The van der Waals surface area contributed by atoms with Gasteiger partial charge in [0.25, 0.3) is 5.56 Å². The zero-order valence-corrected chi connectivity index (χ0v) is 16.8. The topological polar surface area (TPSA) is 73.2 Å². The molecule has 1 aliphatic rings. The van der Waals surface area contributed by atoms with Crippen molar-refractivity contribution in [2.75, 3.05) is 5.32 Å². The Morgan fingerprint density at radius 1 is 1.10 bits per heavy atom. The van der Waals surface area contributed by atoms with Crippen LogP contribution in [-0.4, -0.2) is 15.5 Å². The van der Waals surface area contributed by atoms with E-state index in [0.29, 0.717) is 30.8 Å². The molecule has 3 aromatic rings. The van der Waals surface area contributed by atoms with E-state index in [9.17, 15) is 9.59 Å². The molecule has 3 heterocycles. The molecule has 1 aliphatic heterocycles. The summed E-state index contributed by atoms with van der Waals surface area (Å²) in [5.41, 5.74) is 6.21. The highest BCUT2D eigenvalue weighted by atomic mass is 16.5. The van der Waals surface area contributed by atoms with Gasteiger partial charge in [-0.25, -0.2) is 0 Å². The molecule has 0 bridgehead atoms. The maximum atomic E-state index is 12.1. The molecule has 148 valence electrons. The van der Waals surface area contributed by atoms with Gasteiger partial charge in [0.2, 0.25) is 5.91 Å². The Balaban J connectivity index is 1.77. The molecular formula is C23H23N3O3. The Morgan fingerprint density at radius 2 is 1.93 bits per heavy atom. The van der Waals surface area contributed by atoms with Crippen LogP contribution >= 0.6 is 0 Å². The molecule has 6 nitrogen and oxygen atoms in total. The van der Waals surface area contributed by atoms with Gasteiger partial charge in [0.1, 0.15) is 12.4 Å². The Morgan fingerprint density at radius 3 is 2.69 bits per heavy atom. The summed E-state index contributed by atoms with van der Waals surface area (Å²) in [5.74, 6) is 0.601. The molecule has 29 heavy (non-hydrogen) atoms. The van der Waals surface area contributed by atoms with Crippen molar-refractivity contribution in [1.82, 2.24) is 9.55 Å². The molecule has 0 saturated carbocycles. The second-order valence-corrected chi connectivity index (χ2v) is 7.44. The summed E-state index contributed by atoms with van der Waals surface area (Å²) in [7, 11) is 1.75. The fourth-order valence-corrected chi connectivity index (χ4v) is 3.59. The Labute approximate surface area is 169 Å². The first-order valence-corrected chi connectivity index (χ1v) is 9.60. The molecule has 4 rings (SSSR count). The molecule has 1 N–H and O–H groups in total. The number of ether oxygens (including phenoxy) is 1. The first-order chi connectivity index (χ1) is 13.9. The van der Waals surface area contributed by atoms with Crippen LogP contribution < -0.4 is 15.6 Å². The Bertz CT molecular complexity index is 1140. The molecule has 0 aliphatic carbocycles. The van der Waals surface area contributed by atoms with Crippen molar-refractivity contribution in [1.29, 1.82) is 0 Å². The average Bonchev–Trinajstić information content (AvgIpc) is 2.70. The molecule has 0 fully saturated rings. The number of nitrogens with one attached hydrogen (secondary N) is 1. The molecule has 1 aromatic carbocycles. The van der Waals surface area contributed by atoms with Crippen LogP contribution in [0.15, 0.2) is 47.5 Å². The second-order valence-electron chi connectivity index (χ2n) is 7.44. The largest absolute Gasteiger partial charge is 0.485 e. The van der Waals surface area contributed by atoms with Crippen molar-refractivity contribution in [3.63, 3.8) is 0 Å². The van der Waals surface area contributed by atoms with Gasteiger partial charge in [-0.2, -0.15) is 0 Å². The van der Waals surface area contributed by atoms with Crippen molar-refractivity contribution in [2.45, 2.75) is 33.3 Å². The number of carbonyl (C=O) groups is 1. The minimum atomic E-state index is -0.0129. The van der Waals surface area contributed by atoms with Crippen LogP contribution in [0, 0.1) is 13.8 Å². The molecule has 0 spiro atoms. The predicted octanol–water partition coefficient (Wildman–Crippen LogP) is 3.53. The summed E-state index contributed by atoms with van der Waals surface area (Å²) in [4.78, 5) is 28.4. The van der Waals surface area contributed by atoms with Crippen LogP contribution in [0.2, 0.25) is 0 Å². The lowest BCUT2D eigenvalue weighted by Crippen LogP contribution is -2.20. The maximum Gasteiger partial charge on any atom is 0.253 e. The fourth-order valence-electron chi connectivity index (χ4n) is 3.59. The van der Waals surface area contributed by atoms with Gasteiger partial charge in [0.05, 0.1) is 11.4 Å².